The monoisotopic (exact) mass is 384 g/mol. The fourth-order valence-electron chi connectivity index (χ4n) is 1.70. The number of halogens is 2. The molecule has 0 amide bonds. The van der Waals surface area contributed by atoms with Crippen LogP contribution in [0, 0.1) is 0 Å². The number of hydrogen-bond donors (Lipinski definition) is 1. The maximum Gasteiger partial charge on any atom is 0.362 e. The molecular formula is C16H14Cl2N2O5. The lowest BCUT2D eigenvalue weighted by Crippen LogP contribution is -2.32. The van der Waals surface area contributed by atoms with E-state index in [4.69, 9.17) is 33.2 Å². The Morgan fingerprint density at radius 3 is 1.80 bits per heavy atom. The highest BCUT2D eigenvalue weighted by Gasteiger charge is 2.25. The molecule has 0 spiro atoms. The lowest BCUT2D eigenvalue weighted by atomic mass is 10.2. The van der Waals surface area contributed by atoms with E-state index in [-0.39, 0.29) is 0 Å². The van der Waals surface area contributed by atoms with Gasteiger partial charge >= 0.3 is 11.9 Å². The van der Waals surface area contributed by atoms with Crippen molar-refractivity contribution < 1.29 is 24.4 Å². The molecule has 132 valence electrons. The first-order valence-corrected chi connectivity index (χ1v) is 7.77. The molecule has 2 rings (SSSR count). The predicted molar refractivity (Wildman–Crippen MR) is 92.4 cm³/mol. The SMILES string of the molecule is O=C(CC(O)C(=O)ON(Cl)c1ccccc1)ON(Cl)c1ccccc1. The second-order valence-electron chi connectivity index (χ2n) is 4.75. The molecule has 9 heteroatoms. The summed E-state index contributed by atoms with van der Waals surface area (Å²) < 4.78 is 1.37. The fraction of sp³-hybridized carbons (Fsp3) is 0.125. The van der Waals surface area contributed by atoms with Gasteiger partial charge in [0.2, 0.25) is 0 Å². The zero-order chi connectivity index (χ0) is 18.2. The maximum atomic E-state index is 11.8. The Labute approximate surface area is 154 Å². The highest BCUT2D eigenvalue weighted by molar-refractivity contribution is 6.25. The van der Waals surface area contributed by atoms with E-state index in [1.54, 1.807) is 60.7 Å². The van der Waals surface area contributed by atoms with Crippen LogP contribution >= 0.6 is 23.6 Å². The maximum absolute atomic E-state index is 11.8. The molecule has 2 aromatic rings. The minimum atomic E-state index is -1.77. The standard InChI is InChI=1S/C16H14Cl2N2O5/c17-19(12-7-3-1-4-8-12)24-15(22)11-14(21)16(23)25-20(18)13-9-5-2-6-10-13/h1-10,14,21H,11H2. The van der Waals surface area contributed by atoms with Gasteiger partial charge in [-0.15, -0.1) is 9.16 Å². The molecule has 0 saturated heterocycles. The molecule has 1 atom stereocenters. The van der Waals surface area contributed by atoms with E-state index in [2.05, 4.69) is 0 Å². The van der Waals surface area contributed by atoms with Gasteiger partial charge in [0.05, 0.1) is 41.3 Å². The lowest BCUT2D eigenvalue weighted by Gasteiger charge is -2.17. The number of carbonyl (C=O) groups is 2. The summed E-state index contributed by atoms with van der Waals surface area (Å²) in [5, 5.41) is 9.75. The quantitative estimate of drug-likeness (QED) is 0.580. The van der Waals surface area contributed by atoms with Crippen LogP contribution in [0.15, 0.2) is 60.7 Å². The number of nitrogens with zero attached hydrogens (tertiary/aromatic N) is 2. The van der Waals surface area contributed by atoms with Crippen molar-refractivity contribution in [1.29, 1.82) is 0 Å². The van der Waals surface area contributed by atoms with Crippen molar-refractivity contribution in [3.05, 3.63) is 60.7 Å². The van der Waals surface area contributed by atoms with Gasteiger partial charge in [0.1, 0.15) is 0 Å². The summed E-state index contributed by atoms with van der Waals surface area (Å²) in [4.78, 5) is 33.0. The van der Waals surface area contributed by atoms with Crippen LogP contribution in [0.3, 0.4) is 0 Å². The smallest absolute Gasteiger partial charge is 0.362 e. The van der Waals surface area contributed by atoms with Gasteiger partial charge in [-0.25, -0.2) is 9.59 Å². The molecule has 25 heavy (non-hydrogen) atoms. The largest absolute Gasteiger partial charge is 0.381 e. The van der Waals surface area contributed by atoms with Crippen molar-refractivity contribution in [3.8, 4) is 0 Å². The van der Waals surface area contributed by atoms with Crippen molar-refractivity contribution >= 4 is 46.9 Å². The van der Waals surface area contributed by atoms with E-state index in [0.717, 1.165) is 0 Å². The second-order valence-corrected chi connectivity index (χ2v) is 5.37. The average Bonchev–Trinajstić information content (AvgIpc) is 2.62. The topological polar surface area (TPSA) is 79.3 Å². The Morgan fingerprint density at radius 1 is 0.880 bits per heavy atom. The Bertz CT molecular complexity index is 702. The van der Waals surface area contributed by atoms with Crippen LogP contribution in [0.2, 0.25) is 0 Å². The van der Waals surface area contributed by atoms with Gasteiger partial charge in [0.15, 0.2) is 6.10 Å². The van der Waals surface area contributed by atoms with Crippen LogP contribution in [0.5, 0.6) is 0 Å². The normalized spacial score (nSPS) is 11.3. The minimum absolute atomic E-state index is 0.378. The zero-order valence-corrected chi connectivity index (χ0v) is 14.3. The third kappa shape index (κ3) is 5.82. The molecule has 0 radical (unpaired) electrons. The highest BCUT2D eigenvalue weighted by Crippen LogP contribution is 2.18. The molecule has 0 saturated carbocycles. The Kier molecular flexibility index (Phi) is 6.88. The van der Waals surface area contributed by atoms with E-state index in [1.807, 2.05) is 0 Å². The Morgan fingerprint density at radius 2 is 1.32 bits per heavy atom. The van der Waals surface area contributed by atoms with Crippen molar-refractivity contribution in [3.63, 3.8) is 0 Å². The molecule has 1 unspecified atom stereocenters. The van der Waals surface area contributed by atoms with Gasteiger partial charge in [-0.05, 0) is 24.3 Å². The summed E-state index contributed by atoms with van der Waals surface area (Å²) in [6, 6.07) is 16.7. The first-order chi connectivity index (χ1) is 12.0. The van der Waals surface area contributed by atoms with Gasteiger partial charge in [0.25, 0.3) is 0 Å². The third-order valence-corrected chi connectivity index (χ3v) is 3.43. The molecule has 7 nitrogen and oxygen atoms in total. The number of rotatable bonds is 7. The van der Waals surface area contributed by atoms with Gasteiger partial charge in [-0.3, -0.25) is 0 Å². The Balaban J connectivity index is 1.83. The second kappa shape index (κ2) is 9.12. The number of benzene rings is 2. The number of anilines is 2. The molecule has 0 bridgehead atoms. The van der Waals surface area contributed by atoms with Crippen LogP contribution < -0.4 is 9.16 Å². The first kappa shape index (κ1) is 18.9. The first-order valence-electron chi connectivity index (χ1n) is 7.10. The lowest BCUT2D eigenvalue weighted by molar-refractivity contribution is -0.159. The number of hydrogen-bond acceptors (Lipinski definition) is 7. The molecule has 0 aliphatic heterocycles. The van der Waals surface area contributed by atoms with Crippen LogP contribution in [0.25, 0.3) is 0 Å². The van der Waals surface area contributed by atoms with Crippen molar-refractivity contribution in [2.75, 3.05) is 9.16 Å². The summed E-state index contributed by atoms with van der Waals surface area (Å²) in [5.74, 6) is -2.04. The summed E-state index contributed by atoms with van der Waals surface area (Å²) >= 11 is 11.6. The van der Waals surface area contributed by atoms with Gasteiger partial charge in [-0.2, -0.15) is 0 Å². The van der Waals surface area contributed by atoms with E-state index in [1.165, 1.54) is 0 Å². The van der Waals surface area contributed by atoms with Crippen LogP contribution in [-0.4, -0.2) is 23.1 Å². The van der Waals surface area contributed by atoms with Gasteiger partial charge in [0, 0.05) is 0 Å². The zero-order valence-electron chi connectivity index (χ0n) is 12.8. The fourth-order valence-corrected chi connectivity index (χ4v) is 2.07. The summed E-state index contributed by atoms with van der Waals surface area (Å²) in [6.45, 7) is 0. The number of aliphatic hydroxyl groups is 1. The van der Waals surface area contributed by atoms with E-state index in [0.29, 0.717) is 20.5 Å². The predicted octanol–water partition coefficient (Wildman–Crippen LogP) is 2.97. The Hall–Kier alpha value is -2.48. The summed E-state index contributed by atoms with van der Waals surface area (Å²) in [7, 11) is 0. The van der Waals surface area contributed by atoms with Gasteiger partial charge < -0.3 is 14.8 Å². The van der Waals surface area contributed by atoms with Gasteiger partial charge in [-0.1, -0.05) is 36.4 Å². The van der Waals surface area contributed by atoms with Crippen LogP contribution in [-0.2, 0) is 19.3 Å². The number of carbonyl (C=O) groups excluding carboxylic acids is 2. The summed E-state index contributed by atoms with van der Waals surface area (Å²) in [6.07, 6.45) is -2.42. The van der Waals surface area contributed by atoms with Crippen molar-refractivity contribution in [1.82, 2.24) is 0 Å². The minimum Gasteiger partial charge on any atom is -0.381 e. The van der Waals surface area contributed by atoms with E-state index in [9.17, 15) is 14.7 Å². The van der Waals surface area contributed by atoms with Crippen LogP contribution in [0.1, 0.15) is 6.42 Å². The number of aliphatic hydroxyl groups excluding tert-OH is 1. The molecule has 1 N–H and O–H groups in total. The van der Waals surface area contributed by atoms with E-state index >= 15 is 0 Å². The van der Waals surface area contributed by atoms with Crippen molar-refractivity contribution in [2.45, 2.75) is 12.5 Å². The average molecular weight is 385 g/mol. The highest BCUT2D eigenvalue weighted by atomic mass is 35.5. The molecule has 0 aromatic heterocycles. The molecule has 0 heterocycles. The van der Waals surface area contributed by atoms with Crippen molar-refractivity contribution in [2.24, 2.45) is 0 Å². The molecule has 0 aliphatic rings. The van der Waals surface area contributed by atoms with Crippen LogP contribution in [0.4, 0.5) is 11.4 Å². The molecule has 0 aliphatic carbocycles. The third-order valence-electron chi connectivity index (χ3n) is 2.90. The molecular weight excluding hydrogens is 371 g/mol. The van der Waals surface area contributed by atoms with E-state index < -0.39 is 24.5 Å². The number of para-hydroxylation sites is 2. The summed E-state index contributed by atoms with van der Waals surface area (Å²) in [5.41, 5.74) is 0.786. The molecule has 0 fully saturated rings. The molecule has 2 aromatic carbocycles.